The Hall–Kier alpha value is -2.79. The lowest BCUT2D eigenvalue weighted by Gasteiger charge is -2.08. The summed E-state index contributed by atoms with van der Waals surface area (Å²) in [6, 6.07) is 15.8. The number of urea groups is 1. The highest BCUT2D eigenvalue weighted by Gasteiger charge is 2.11. The van der Waals surface area contributed by atoms with Crippen molar-refractivity contribution in [1.82, 2.24) is 4.57 Å². The SMILES string of the molecule is CCCCc1ccc(NC(=O)Nc2cn(CCOC)c3ccccc23)cc1. The Kier molecular flexibility index (Phi) is 6.49. The fourth-order valence-electron chi connectivity index (χ4n) is 3.14. The van der Waals surface area contributed by atoms with E-state index in [4.69, 9.17) is 4.74 Å². The van der Waals surface area contributed by atoms with Crippen molar-refractivity contribution in [2.45, 2.75) is 32.7 Å². The Bertz CT molecular complexity index is 884. The zero-order valence-corrected chi connectivity index (χ0v) is 16.0. The monoisotopic (exact) mass is 365 g/mol. The summed E-state index contributed by atoms with van der Waals surface area (Å²) in [6.45, 7) is 3.54. The number of aromatic nitrogens is 1. The van der Waals surface area contributed by atoms with Crippen LogP contribution in [0.5, 0.6) is 0 Å². The van der Waals surface area contributed by atoms with Crippen LogP contribution in [0.15, 0.2) is 54.7 Å². The predicted octanol–water partition coefficient (Wildman–Crippen LogP) is 5.27. The van der Waals surface area contributed by atoms with Crippen LogP contribution in [0.1, 0.15) is 25.3 Å². The normalized spacial score (nSPS) is 10.9. The van der Waals surface area contributed by atoms with Gasteiger partial charge in [0.25, 0.3) is 0 Å². The van der Waals surface area contributed by atoms with E-state index in [0.717, 1.165) is 35.2 Å². The highest BCUT2D eigenvalue weighted by Crippen LogP contribution is 2.26. The molecule has 2 amide bonds. The maximum absolute atomic E-state index is 12.4. The molecule has 0 spiro atoms. The van der Waals surface area contributed by atoms with Crippen LogP contribution < -0.4 is 10.6 Å². The number of unbranched alkanes of at least 4 members (excludes halogenated alkanes) is 1. The van der Waals surface area contributed by atoms with Gasteiger partial charge in [-0.3, -0.25) is 0 Å². The average molecular weight is 365 g/mol. The Morgan fingerprint density at radius 1 is 1.07 bits per heavy atom. The Morgan fingerprint density at radius 3 is 2.59 bits per heavy atom. The van der Waals surface area contributed by atoms with Gasteiger partial charge < -0.3 is 19.9 Å². The minimum Gasteiger partial charge on any atom is -0.383 e. The van der Waals surface area contributed by atoms with E-state index in [1.165, 1.54) is 18.4 Å². The lowest BCUT2D eigenvalue weighted by Crippen LogP contribution is -2.19. The van der Waals surface area contributed by atoms with Crippen molar-refractivity contribution in [3.05, 3.63) is 60.3 Å². The van der Waals surface area contributed by atoms with E-state index in [0.29, 0.717) is 6.61 Å². The van der Waals surface area contributed by atoms with Crippen LogP contribution in [0.25, 0.3) is 10.9 Å². The molecule has 2 N–H and O–H groups in total. The van der Waals surface area contributed by atoms with Gasteiger partial charge in [0.1, 0.15) is 0 Å². The molecule has 0 aliphatic heterocycles. The minimum atomic E-state index is -0.244. The van der Waals surface area contributed by atoms with E-state index < -0.39 is 0 Å². The molecule has 27 heavy (non-hydrogen) atoms. The van der Waals surface area contributed by atoms with Crippen LogP contribution in [0, 0.1) is 0 Å². The summed E-state index contributed by atoms with van der Waals surface area (Å²) in [4.78, 5) is 12.4. The van der Waals surface area contributed by atoms with Crippen molar-refractivity contribution in [3.63, 3.8) is 0 Å². The number of rotatable bonds is 8. The molecule has 1 aromatic heterocycles. The summed E-state index contributed by atoms with van der Waals surface area (Å²) in [5.41, 5.74) is 3.95. The van der Waals surface area contributed by atoms with E-state index in [9.17, 15) is 4.79 Å². The van der Waals surface area contributed by atoms with E-state index in [2.05, 4.69) is 34.3 Å². The third kappa shape index (κ3) is 4.89. The van der Waals surface area contributed by atoms with Gasteiger partial charge in [-0.2, -0.15) is 0 Å². The van der Waals surface area contributed by atoms with Crippen molar-refractivity contribution in [2.24, 2.45) is 0 Å². The summed E-state index contributed by atoms with van der Waals surface area (Å²) in [5, 5.41) is 6.89. The number of nitrogens with one attached hydrogen (secondary N) is 2. The third-order valence-electron chi connectivity index (χ3n) is 4.60. The summed E-state index contributed by atoms with van der Waals surface area (Å²) >= 11 is 0. The molecule has 0 aliphatic carbocycles. The first-order chi connectivity index (χ1) is 13.2. The van der Waals surface area contributed by atoms with Crippen molar-refractivity contribution in [2.75, 3.05) is 24.4 Å². The minimum absolute atomic E-state index is 0.244. The quantitative estimate of drug-likeness (QED) is 0.571. The molecule has 0 atom stereocenters. The number of aryl methyl sites for hydroxylation is 1. The number of para-hydroxylation sites is 1. The molecule has 3 aromatic rings. The maximum Gasteiger partial charge on any atom is 0.323 e. The number of fused-ring (bicyclic) bond motifs is 1. The number of anilines is 2. The first-order valence-electron chi connectivity index (χ1n) is 9.45. The molecular weight excluding hydrogens is 338 g/mol. The molecule has 5 nitrogen and oxygen atoms in total. The van der Waals surface area contributed by atoms with Crippen molar-refractivity contribution in [3.8, 4) is 0 Å². The van der Waals surface area contributed by atoms with Crippen LogP contribution in [0.3, 0.4) is 0 Å². The Labute approximate surface area is 160 Å². The number of carbonyl (C=O) groups excluding carboxylic acids is 1. The Morgan fingerprint density at radius 2 is 1.85 bits per heavy atom. The smallest absolute Gasteiger partial charge is 0.323 e. The molecule has 0 saturated heterocycles. The summed E-state index contributed by atoms with van der Waals surface area (Å²) < 4.78 is 7.27. The molecule has 0 radical (unpaired) electrons. The van der Waals surface area contributed by atoms with Gasteiger partial charge in [-0.15, -0.1) is 0 Å². The molecule has 0 aliphatic rings. The second-order valence-corrected chi connectivity index (χ2v) is 6.63. The molecule has 0 saturated carbocycles. The standard InChI is InChI=1S/C22H27N3O2/c1-3-4-7-17-10-12-18(13-11-17)23-22(26)24-20-16-25(14-15-27-2)21-9-6-5-8-19(20)21/h5-6,8-13,16H,3-4,7,14-15H2,1-2H3,(H2,23,24,26). The summed E-state index contributed by atoms with van der Waals surface area (Å²) in [7, 11) is 1.69. The zero-order chi connectivity index (χ0) is 19.1. The maximum atomic E-state index is 12.4. The number of hydrogen-bond acceptors (Lipinski definition) is 2. The van der Waals surface area contributed by atoms with Gasteiger partial charge in [0.2, 0.25) is 0 Å². The molecule has 142 valence electrons. The molecule has 1 heterocycles. The highest BCUT2D eigenvalue weighted by atomic mass is 16.5. The fourth-order valence-corrected chi connectivity index (χ4v) is 3.14. The topological polar surface area (TPSA) is 55.3 Å². The van der Waals surface area contributed by atoms with Gasteiger partial charge in [0.15, 0.2) is 0 Å². The molecule has 0 fully saturated rings. The summed E-state index contributed by atoms with van der Waals surface area (Å²) in [6.07, 6.45) is 5.39. The first kappa shape index (κ1) is 19.0. The van der Waals surface area contributed by atoms with Crippen LogP contribution in [-0.2, 0) is 17.7 Å². The Balaban J connectivity index is 1.68. The third-order valence-corrected chi connectivity index (χ3v) is 4.60. The highest BCUT2D eigenvalue weighted by molar-refractivity contribution is 6.06. The average Bonchev–Trinajstić information content (AvgIpc) is 3.03. The second kappa shape index (κ2) is 9.24. The van der Waals surface area contributed by atoms with Crippen LogP contribution in [0.2, 0.25) is 0 Å². The number of amides is 2. The molecule has 0 bridgehead atoms. The van der Waals surface area contributed by atoms with Gasteiger partial charge in [0, 0.05) is 30.9 Å². The van der Waals surface area contributed by atoms with Crippen molar-refractivity contribution < 1.29 is 9.53 Å². The number of methoxy groups -OCH3 is 1. The molecular formula is C22H27N3O2. The lowest BCUT2D eigenvalue weighted by molar-refractivity contribution is 0.188. The molecule has 3 rings (SSSR count). The number of ether oxygens (including phenoxy) is 1. The van der Waals surface area contributed by atoms with Gasteiger partial charge in [-0.1, -0.05) is 43.7 Å². The largest absolute Gasteiger partial charge is 0.383 e. The molecule has 0 unspecified atom stereocenters. The first-order valence-corrected chi connectivity index (χ1v) is 9.45. The zero-order valence-electron chi connectivity index (χ0n) is 16.0. The van der Waals surface area contributed by atoms with Gasteiger partial charge >= 0.3 is 6.03 Å². The predicted molar refractivity (Wildman–Crippen MR) is 112 cm³/mol. The van der Waals surface area contributed by atoms with E-state index in [1.807, 2.05) is 42.6 Å². The second-order valence-electron chi connectivity index (χ2n) is 6.63. The number of carbonyl (C=O) groups is 1. The van der Waals surface area contributed by atoms with Gasteiger partial charge in [-0.05, 0) is 36.6 Å². The van der Waals surface area contributed by atoms with Gasteiger partial charge in [-0.25, -0.2) is 4.79 Å². The van der Waals surface area contributed by atoms with Crippen LogP contribution in [0.4, 0.5) is 16.2 Å². The van der Waals surface area contributed by atoms with Crippen LogP contribution >= 0.6 is 0 Å². The number of benzene rings is 2. The summed E-state index contributed by atoms with van der Waals surface area (Å²) in [5.74, 6) is 0. The number of nitrogens with zero attached hydrogens (tertiary/aromatic N) is 1. The molecule has 5 heteroatoms. The van der Waals surface area contributed by atoms with Crippen LogP contribution in [-0.4, -0.2) is 24.3 Å². The fraction of sp³-hybridized carbons (Fsp3) is 0.318. The van der Waals surface area contributed by atoms with Crippen molar-refractivity contribution >= 4 is 28.3 Å². The molecule has 2 aromatic carbocycles. The van der Waals surface area contributed by atoms with E-state index >= 15 is 0 Å². The van der Waals surface area contributed by atoms with Gasteiger partial charge in [0.05, 0.1) is 17.8 Å². The van der Waals surface area contributed by atoms with Crippen molar-refractivity contribution in [1.29, 1.82) is 0 Å². The lowest BCUT2D eigenvalue weighted by atomic mass is 10.1. The van der Waals surface area contributed by atoms with E-state index in [1.54, 1.807) is 7.11 Å². The van der Waals surface area contributed by atoms with E-state index in [-0.39, 0.29) is 6.03 Å². The number of hydrogen-bond donors (Lipinski definition) is 2.